The van der Waals surface area contributed by atoms with Crippen molar-refractivity contribution >= 4 is 16.7 Å². The van der Waals surface area contributed by atoms with Crippen LogP contribution in [0.4, 0.5) is 0 Å². The van der Waals surface area contributed by atoms with E-state index in [1.165, 1.54) is 4.68 Å². The summed E-state index contributed by atoms with van der Waals surface area (Å²) in [5.74, 6) is -0.482. The molecule has 31 heavy (non-hydrogen) atoms. The Labute approximate surface area is 180 Å². The lowest BCUT2D eigenvalue weighted by atomic mass is 9.86. The lowest BCUT2D eigenvalue weighted by Gasteiger charge is -2.19. The second-order valence-electron chi connectivity index (χ2n) is 8.95. The molecular formula is C25H26N4O2. The number of aryl methyl sites for hydroxylation is 1. The quantitative estimate of drug-likeness (QED) is 0.548. The summed E-state index contributed by atoms with van der Waals surface area (Å²) in [6, 6.07) is 13.4. The molecule has 1 amide bonds. The lowest BCUT2D eigenvalue weighted by Crippen LogP contribution is -2.22. The Morgan fingerprint density at radius 2 is 1.84 bits per heavy atom. The molecule has 0 spiro atoms. The minimum absolute atomic E-state index is 0.00653. The largest absolute Gasteiger partial charge is 0.364 e. The van der Waals surface area contributed by atoms with E-state index < -0.39 is 5.91 Å². The first kappa shape index (κ1) is 20.6. The molecule has 0 bridgehead atoms. The van der Waals surface area contributed by atoms with Gasteiger partial charge in [-0.1, -0.05) is 39.0 Å². The third-order valence-corrected chi connectivity index (χ3v) is 5.75. The summed E-state index contributed by atoms with van der Waals surface area (Å²) in [6.45, 7) is 8.38. The fourth-order valence-electron chi connectivity index (χ4n) is 3.91. The number of carbonyl (C=O) groups excluding carboxylic acids is 1. The number of primary amides is 1. The molecule has 0 fully saturated rings. The maximum Gasteiger partial charge on any atom is 0.279 e. The molecule has 0 aliphatic carbocycles. The summed E-state index contributed by atoms with van der Waals surface area (Å²) < 4.78 is 3.15. The van der Waals surface area contributed by atoms with Crippen LogP contribution in [0.25, 0.3) is 27.6 Å². The van der Waals surface area contributed by atoms with Crippen LogP contribution in [0.1, 0.15) is 42.4 Å². The Morgan fingerprint density at radius 3 is 2.48 bits per heavy atom. The molecule has 0 unspecified atom stereocenters. The molecule has 2 aromatic carbocycles. The van der Waals surface area contributed by atoms with Gasteiger partial charge in [-0.05, 0) is 53.3 Å². The van der Waals surface area contributed by atoms with Crippen molar-refractivity contribution in [3.8, 4) is 16.8 Å². The number of aromatic nitrogens is 3. The number of rotatable bonds is 3. The van der Waals surface area contributed by atoms with Crippen molar-refractivity contribution in [3.05, 3.63) is 82.0 Å². The smallest absolute Gasteiger partial charge is 0.279 e. The molecule has 0 radical (unpaired) electrons. The van der Waals surface area contributed by atoms with Gasteiger partial charge in [-0.25, -0.2) is 0 Å². The molecule has 6 heteroatoms. The molecule has 158 valence electrons. The monoisotopic (exact) mass is 414 g/mol. The average Bonchev–Trinajstić information content (AvgIpc) is 3.09. The summed E-state index contributed by atoms with van der Waals surface area (Å²) in [5, 5.41) is 5.93. The van der Waals surface area contributed by atoms with Crippen molar-refractivity contribution in [2.75, 3.05) is 0 Å². The molecule has 4 aromatic rings. The van der Waals surface area contributed by atoms with Crippen LogP contribution in [-0.4, -0.2) is 20.3 Å². The number of nitrogens with zero attached hydrogens (tertiary/aromatic N) is 3. The third-order valence-electron chi connectivity index (χ3n) is 5.75. The Balaban J connectivity index is 1.86. The van der Waals surface area contributed by atoms with Crippen LogP contribution in [0.2, 0.25) is 0 Å². The van der Waals surface area contributed by atoms with Crippen molar-refractivity contribution in [2.24, 2.45) is 12.8 Å². The molecule has 0 aliphatic rings. The Morgan fingerprint density at radius 1 is 1.10 bits per heavy atom. The number of fused-ring (bicyclic) bond motifs is 1. The van der Waals surface area contributed by atoms with Crippen molar-refractivity contribution < 1.29 is 4.79 Å². The van der Waals surface area contributed by atoms with E-state index in [2.05, 4.69) is 25.9 Å². The molecular weight excluding hydrogens is 388 g/mol. The maximum atomic E-state index is 13.3. The molecule has 6 nitrogen and oxygen atoms in total. The summed E-state index contributed by atoms with van der Waals surface area (Å²) in [5.41, 5.74) is 10.2. The first-order valence-electron chi connectivity index (χ1n) is 10.2. The maximum absolute atomic E-state index is 13.3. The number of benzene rings is 2. The van der Waals surface area contributed by atoms with Crippen molar-refractivity contribution in [1.82, 2.24) is 14.3 Å². The van der Waals surface area contributed by atoms with Gasteiger partial charge >= 0.3 is 0 Å². The molecule has 0 saturated carbocycles. The average molecular weight is 415 g/mol. The summed E-state index contributed by atoms with van der Waals surface area (Å²) >= 11 is 0. The zero-order valence-corrected chi connectivity index (χ0v) is 18.4. The van der Waals surface area contributed by atoms with Crippen LogP contribution < -0.4 is 11.3 Å². The fourth-order valence-corrected chi connectivity index (χ4v) is 3.91. The molecule has 0 aliphatic heterocycles. The van der Waals surface area contributed by atoms with E-state index in [9.17, 15) is 9.59 Å². The van der Waals surface area contributed by atoms with Gasteiger partial charge in [-0.15, -0.1) is 0 Å². The highest BCUT2D eigenvalue weighted by molar-refractivity contribution is 5.93. The van der Waals surface area contributed by atoms with Gasteiger partial charge < -0.3 is 10.3 Å². The van der Waals surface area contributed by atoms with Crippen LogP contribution in [0.5, 0.6) is 0 Å². The van der Waals surface area contributed by atoms with Gasteiger partial charge in [0.15, 0.2) is 0 Å². The molecule has 2 aromatic heterocycles. The normalized spacial score (nSPS) is 11.8. The van der Waals surface area contributed by atoms with Crippen LogP contribution in [0.15, 0.2) is 59.7 Å². The lowest BCUT2D eigenvalue weighted by molar-refractivity contribution is 0.0992. The van der Waals surface area contributed by atoms with Gasteiger partial charge in [0.05, 0.1) is 17.3 Å². The molecule has 4 rings (SSSR count). The van der Waals surface area contributed by atoms with Crippen molar-refractivity contribution in [1.29, 1.82) is 0 Å². The van der Waals surface area contributed by atoms with E-state index in [-0.39, 0.29) is 11.0 Å². The van der Waals surface area contributed by atoms with E-state index in [0.29, 0.717) is 16.8 Å². The number of hydrogen-bond acceptors (Lipinski definition) is 3. The highest BCUT2D eigenvalue weighted by atomic mass is 16.1. The van der Waals surface area contributed by atoms with Gasteiger partial charge in [-0.3, -0.25) is 9.59 Å². The van der Waals surface area contributed by atoms with Crippen LogP contribution in [-0.2, 0) is 12.5 Å². The minimum Gasteiger partial charge on any atom is -0.364 e. The Hall–Kier alpha value is -3.67. The van der Waals surface area contributed by atoms with E-state index in [4.69, 9.17) is 5.73 Å². The second kappa shape index (κ2) is 7.23. The van der Waals surface area contributed by atoms with Gasteiger partial charge in [0.2, 0.25) is 0 Å². The second-order valence-corrected chi connectivity index (χ2v) is 8.95. The first-order chi connectivity index (χ1) is 14.6. The Kier molecular flexibility index (Phi) is 4.81. The highest BCUT2D eigenvalue weighted by Gasteiger charge is 2.17. The van der Waals surface area contributed by atoms with Crippen molar-refractivity contribution in [3.63, 3.8) is 0 Å². The van der Waals surface area contributed by atoms with E-state index in [0.717, 1.165) is 27.6 Å². The zero-order valence-electron chi connectivity index (χ0n) is 18.4. The predicted molar refractivity (Wildman–Crippen MR) is 124 cm³/mol. The minimum atomic E-state index is -0.482. The molecule has 2 heterocycles. The Bertz CT molecular complexity index is 1390. The van der Waals surface area contributed by atoms with Gasteiger partial charge in [0.25, 0.3) is 11.5 Å². The standard InChI is InChI=1S/C25H26N4O2/c1-15-19(17-12-22(23(26)30)28(5)14-17)7-6-8-21(15)29-24(31)20-10-9-18(25(2,3)4)11-16(20)13-27-29/h6-14H,1-5H3,(H2,26,30). The van der Waals surface area contributed by atoms with Gasteiger partial charge in [0, 0.05) is 24.2 Å². The summed E-state index contributed by atoms with van der Waals surface area (Å²) in [7, 11) is 1.78. The number of nitrogens with two attached hydrogens (primary N) is 1. The number of amides is 1. The number of hydrogen-bond donors (Lipinski definition) is 1. The van der Waals surface area contributed by atoms with Crippen LogP contribution in [0, 0.1) is 6.92 Å². The highest BCUT2D eigenvalue weighted by Crippen LogP contribution is 2.29. The fraction of sp³-hybridized carbons (Fsp3) is 0.240. The topological polar surface area (TPSA) is 82.9 Å². The molecule has 0 atom stereocenters. The van der Waals surface area contributed by atoms with E-state index in [1.807, 2.05) is 49.5 Å². The SMILES string of the molecule is Cc1c(-c2cc(C(N)=O)n(C)c2)cccc1-n1ncc2cc(C(C)(C)C)ccc2c1=O. The van der Waals surface area contributed by atoms with E-state index in [1.54, 1.807) is 23.9 Å². The van der Waals surface area contributed by atoms with E-state index >= 15 is 0 Å². The molecule has 2 N–H and O–H groups in total. The zero-order chi connectivity index (χ0) is 22.5. The van der Waals surface area contributed by atoms with Gasteiger partial charge in [-0.2, -0.15) is 9.78 Å². The number of carbonyl (C=O) groups is 1. The van der Waals surface area contributed by atoms with Crippen LogP contribution >= 0.6 is 0 Å². The summed E-state index contributed by atoms with van der Waals surface area (Å²) in [6.07, 6.45) is 3.60. The third kappa shape index (κ3) is 3.54. The van der Waals surface area contributed by atoms with Gasteiger partial charge in [0.1, 0.15) is 5.69 Å². The molecule has 0 saturated heterocycles. The summed E-state index contributed by atoms with van der Waals surface area (Å²) in [4.78, 5) is 24.9. The van der Waals surface area contributed by atoms with Crippen molar-refractivity contribution in [2.45, 2.75) is 33.1 Å². The predicted octanol–water partition coefficient (Wildman–Crippen LogP) is 4.10. The first-order valence-corrected chi connectivity index (χ1v) is 10.2. The van der Waals surface area contributed by atoms with Crippen LogP contribution in [0.3, 0.4) is 0 Å².